The van der Waals surface area contributed by atoms with Gasteiger partial charge >= 0.3 is 5.97 Å². The second-order valence-corrected chi connectivity index (χ2v) is 4.01. The molecule has 0 unspecified atom stereocenters. The fourth-order valence-electron chi connectivity index (χ4n) is 1.58. The highest BCUT2D eigenvalue weighted by Gasteiger charge is 2.39. The molecule has 0 spiro atoms. The number of methoxy groups -OCH3 is 1. The van der Waals surface area contributed by atoms with Gasteiger partial charge in [0.15, 0.2) is 23.1 Å². The average molecular weight is 242 g/mol. The number of hydrogen-bond acceptors (Lipinski definition) is 5. The van der Waals surface area contributed by atoms with Crippen LogP contribution in [0.5, 0.6) is 17.2 Å². The highest BCUT2D eigenvalue weighted by atomic mass is 19.1. The van der Waals surface area contributed by atoms with Crippen LogP contribution in [0.3, 0.4) is 0 Å². The average Bonchev–Trinajstić information content (AvgIpc) is 2.21. The first-order valence-electron chi connectivity index (χ1n) is 4.87. The number of carbonyl (C=O) groups excluding carboxylic acids is 1. The minimum Gasteiger partial charge on any atom is -0.504 e. The number of benzene rings is 1. The van der Waals surface area contributed by atoms with E-state index in [4.69, 9.17) is 14.2 Å². The number of fused-ring (bicyclic) bond motifs is 1. The molecule has 1 N–H and O–H groups in total. The van der Waals surface area contributed by atoms with E-state index in [1.54, 1.807) is 0 Å². The van der Waals surface area contributed by atoms with Crippen LogP contribution in [0.15, 0.2) is 6.07 Å². The molecule has 1 aliphatic rings. The van der Waals surface area contributed by atoms with E-state index in [2.05, 4.69) is 0 Å². The van der Waals surface area contributed by atoms with Crippen LogP contribution in [0, 0.1) is 5.82 Å². The molecule has 5 nitrogen and oxygen atoms in total. The number of phenols is 1. The normalized spacial score (nSPS) is 16.8. The van der Waals surface area contributed by atoms with Gasteiger partial charge in [-0.15, -0.1) is 0 Å². The Hall–Kier alpha value is -1.98. The summed E-state index contributed by atoms with van der Waals surface area (Å²) in [6.45, 7) is 2.96. The van der Waals surface area contributed by atoms with Crippen molar-refractivity contribution in [2.75, 3.05) is 7.11 Å². The van der Waals surface area contributed by atoms with Crippen LogP contribution in [0.2, 0.25) is 0 Å². The van der Waals surface area contributed by atoms with Crippen LogP contribution in [0.25, 0.3) is 0 Å². The molecule has 0 bridgehead atoms. The summed E-state index contributed by atoms with van der Waals surface area (Å²) in [5.74, 6) is -3.92. The predicted molar refractivity (Wildman–Crippen MR) is 54.7 cm³/mol. The van der Waals surface area contributed by atoms with E-state index in [1.165, 1.54) is 21.0 Å². The van der Waals surface area contributed by atoms with Crippen molar-refractivity contribution in [3.63, 3.8) is 0 Å². The summed E-state index contributed by atoms with van der Waals surface area (Å²) in [5, 5.41) is 9.66. The van der Waals surface area contributed by atoms with Crippen LogP contribution in [0.4, 0.5) is 4.39 Å². The molecule has 0 amide bonds. The fourth-order valence-corrected chi connectivity index (χ4v) is 1.58. The zero-order chi connectivity index (χ0) is 12.8. The Balaban J connectivity index is 2.67. The molecule has 0 atom stereocenters. The van der Waals surface area contributed by atoms with Gasteiger partial charge in [-0.25, -0.2) is 9.18 Å². The van der Waals surface area contributed by atoms with Gasteiger partial charge in [0.1, 0.15) is 5.56 Å². The Labute approximate surface area is 96.7 Å². The van der Waals surface area contributed by atoms with Crippen molar-refractivity contribution in [2.24, 2.45) is 0 Å². The van der Waals surface area contributed by atoms with E-state index in [-0.39, 0.29) is 17.2 Å². The van der Waals surface area contributed by atoms with E-state index >= 15 is 0 Å². The van der Waals surface area contributed by atoms with Crippen LogP contribution in [-0.4, -0.2) is 24.0 Å². The lowest BCUT2D eigenvalue weighted by molar-refractivity contribution is -0.129. The second-order valence-electron chi connectivity index (χ2n) is 4.01. The van der Waals surface area contributed by atoms with Crippen molar-refractivity contribution in [1.29, 1.82) is 0 Å². The van der Waals surface area contributed by atoms with Crippen molar-refractivity contribution in [3.8, 4) is 17.2 Å². The van der Waals surface area contributed by atoms with Crippen LogP contribution in [0.1, 0.15) is 24.2 Å². The summed E-state index contributed by atoms with van der Waals surface area (Å²) in [4.78, 5) is 11.6. The molecule has 0 saturated carbocycles. The number of hydrogen-bond donors (Lipinski definition) is 1. The number of carbonyl (C=O) groups is 1. The number of rotatable bonds is 1. The molecule has 1 heterocycles. The Morgan fingerprint density at radius 3 is 2.65 bits per heavy atom. The Kier molecular flexibility index (Phi) is 2.38. The summed E-state index contributed by atoms with van der Waals surface area (Å²) >= 11 is 0. The molecule has 1 aromatic rings. The lowest BCUT2D eigenvalue weighted by atomic mass is 10.1. The first-order chi connectivity index (χ1) is 7.85. The number of esters is 1. The Morgan fingerprint density at radius 1 is 1.41 bits per heavy atom. The molecule has 2 rings (SSSR count). The smallest absolute Gasteiger partial charge is 0.348 e. The maximum atomic E-state index is 13.8. The molecular formula is C11H11FO5. The Bertz CT molecular complexity index is 495. The van der Waals surface area contributed by atoms with Gasteiger partial charge in [-0.05, 0) is 0 Å². The molecule has 1 aliphatic heterocycles. The standard InChI is InChI=1S/C11H11FO5/c1-11(2)16-9-5(13)4-6(15-3)8(12)7(9)10(14)17-11/h4,13H,1-3H3. The van der Waals surface area contributed by atoms with Gasteiger partial charge in [0.2, 0.25) is 5.79 Å². The van der Waals surface area contributed by atoms with Crippen LogP contribution < -0.4 is 9.47 Å². The number of aromatic hydroxyl groups is 1. The maximum Gasteiger partial charge on any atom is 0.348 e. The van der Waals surface area contributed by atoms with E-state index in [1.807, 2.05) is 0 Å². The quantitative estimate of drug-likeness (QED) is 0.761. The molecule has 0 aromatic heterocycles. The highest BCUT2D eigenvalue weighted by molar-refractivity contribution is 5.95. The molecule has 6 heteroatoms. The SMILES string of the molecule is COc1cc(O)c2c(c1F)C(=O)OC(C)(C)O2. The molecule has 92 valence electrons. The molecule has 0 fully saturated rings. The van der Waals surface area contributed by atoms with Gasteiger partial charge in [-0.2, -0.15) is 0 Å². The van der Waals surface area contributed by atoms with E-state index in [9.17, 15) is 14.3 Å². The number of cyclic esters (lactones) is 1. The Morgan fingerprint density at radius 2 is 2.06 bits per heavy atom. The summed E-state index contributed by atoms with van der Waals surface area (Å²) in [6, 6.07) is 1.04. The van der Waals surface area contributed by atoms with Crippen LogP contribution in [-0.2, 0) is 4.74 Å². The highest BCUT2D eigenvalue weighted by Crippen LogP contribution is 2.43. The lowest BCUT2D eigenvalue weighted by Crippen LogP contribution is -2.39. The van der Waals surface area contributed by atoms with Crippen molar-refractivity contribution in [3.05, 3.63) is 17.4 Å². The van der Waals surface area contributed by atoms with Gasteiger partial charge in [-0.1, -0.05) is 0 Å². The third-order valence-corrected chi connectivity index (χ3v) is 2.27. The predicted octanol–water partition coefficient (Wildman–Crippen LogP) is 1.83. The summed E-state index contributed by atoms with van der Waals surface area (Å²) in [5.41, 5.74) is -0.457. The van der Waals surface area contributed by atoms with Gasteiger partial charge < -0.3 is 19.3 Å². The summed E-state index contributed by atoms with van der Waals surface area (Å²) in [7, 11) is 1.23. The number of phenolic OH excluding ortho intramolecular Hbond substituents is 1. The number of halogens is 1. The second kappa shape index (κ2) is 3.51. The minimum absolute atomic E-state index is 0.232. The summed E-state index contributed by atoms with van der Waals surface area (Å²) in [6.07, 6.45) is 0. The van der Waals surface area contributed by atoms with E-state index in [0.29, 0.717) is 0 Å². The minimum atomic E-state index is -1.25. The molecule has 0 saturated heterocycles. The number of ether oxygens (including phenoxy) is 3. The fraction of sp³-hybridized carbons (Fsp3) is 0.364. The molecular weight excluding hydrogens is 231 g/mol. The van der Waals surface area contributed by atoms with Gasteiger partial charge in [0.25, 0.3) is 0 Å². The topological polar surface area (TPSA) is 65.0 Å². The summed E-state index contributed by atoms with van der Waals surface area (Å²) < 4.78 is 28.6. The molecule has 0 radical (unpaired) electrons. The lowest BCUT2D eigenvalue weighted by Gasteiger charge is -2.32. The van der Waals surface area contributed by atoms with E-state index in [0.717, 1.165) is 6.07 Å². The van der Waals surface area contributed by atoms with Gasteiger partial charge in [0.05, 0.1) is 7.11 Å². The van der Waals surface area contributed by atoms with Crippen molar-refractivity contribution >= 4 is 5.97 Å². The molecule has 0 aliphatic carbocycles. The third-order valence-electron chi connectivity index (χ3n) is 2.27. The zero-order valence-corrected chi connectivity index (χ0v) is 9.54. The van der Waals surface area contributed by atoms with Gasteiger partial charge in [-0.3, -0.25) is 0 Å². The van der Waals surface area contributed by atoms with Crippen LogP contribution >= 0.6 is 0 Å². The van der Waals surface area contributed by atoms with E-state index < -0.39 is 23.1 Å². The zero-order valence-electron chi connectivity index (χ0n) is 9.54. The van der Waals surface area contributed by atoms with Crippen molar-refractivity contribution in [2.45, 2.75) is 19.6 Å². The van der Waals surface area contributed by atoms with Gasteiger partial charge in [0, 0.05) is 19.9 Å². The maximum absolute atomic E-state index is 13.8. The van der Waals surface area contributed by atoms with Crippen molar-refractivity contribution < 1.29 is 28.5 Å². The molecule has 17 heavy (non-hydrogen) atoms. The first-order valence-corrected chi connectivity index (χ1v) is 4.87. The molecule has 1 aromatic carbocycles. The monoisotopic (exact) mass is 242 g/mol. The van der Waals surface area contributed by atoms with Crippen molar-refractivity contribution in [1.82, 2.24) is 0 Å². The largest absolute Gasteiger partial charge is 0.504 e. The third kappa shape index (κ3) is 1.75. The first kappa shape index (κ1) is 11.5.